The minimum absolute atomic E-state index is 0.0677. The molecule has 3 rings (SSSR count). The maximum Gasteiger partial charge on any atom is 0.333 e. The summed E-state index contributed by atoms with van der Waals surface area (Å²) >= 11 is 0. The van der Waals surface area contributed by atoms with Crippen LogP contribution in [0.4, 0.5) is 16.2 Å². The molecule has 0 saturated carbocycles. The molecule has 2 aliphatic rings. The molecule has 6 heteroatoms. The van der Waals surface area contributed by atoms with Gasteiger partial charge in [-0.2, -0.15) is 0 Å². The maximum absolute atomic E-state index is 12.8. The van der Waals surface area contributed by atoms with Crippen molar-refractivity contribution in [3.63, 3.8) is 0 Å². The van der Waals surface area contributed by atoms with Gasteiger partial charge < -0.3 is 4.90 Å². The first-order valence-electron chi connectivity index (χ1n) is 7.36. The molecule has 1 aromatic carbocycles. The average molecular weight is 300 g/mol. The molecule has 0 spiro atoms. The van der Waals surface area contributed by atoms with Crippen LogP contribution in [0.3, 0.4) is 0 Å². The Morgan fingerprint density at radius 3 is 2.36 bits per heavy atom. The fourth-order valence-electron chi connectivity index (χ4n) is 2.63. The first kappa shape index (κ1) is 14.6. The van der Waals surface area contributed by atoms with Gasteiger partial charge in [0.2, 0.25) is 11.9 Å². The minimum Gasteiger partial charge on any atom is -0.302 e. The molecule has 0 bridgehead atoms. The topological polar surface area (TPSA) is 56.2 Å². The highest BCUT2D eigenvalue weighted by Crippen LogP contribution is 2.41. The van der Waals surface area contributed by atoms with E-state index in [4.69, 9.17) is 0 Å². The average Bonchev–Trinajstić information content (AvgIpc) is 2.77. The Labute approximate surface area is 130 Å². The number of hydrogen-bond acceptors (Lipinski definition) is 3. The molecule has 0 atom stereocenters. The van der Waals surface area contributed by atoms with Crippen LogP contribution < -0.4 is 9.80 Å². The van der Waals surface area contributed by atoms with Gasteiger partial charge in [0.25, 0.3) is 0 Å². The highest BCUT2D eigenvalue weighted by molar-refractivity contribution is 6.36. The molecule has 0 radical (unpaired) electrons. The molecule has 22 heavy (non-hydrogen) atoms. The van der Waals surface area contributed by atoms with Crippen LogP contribution >= 0.6 is 0 Å². The summed E-state index contributed by atoms with van der Waals surface area (Å²) in [4.78, 5) is 34.7. The van der Waals surface area contributed by atoms with Crippen molar-refractivity contribution >= 4 is 29.3 Å². The SMILES string of the molecule is CC(C)C(=O)N1C2=NC(C)(C)N(C)C(=O)N2c2ccccc21. The van der Waals surface area contributed by atoms with Crippen LogP contribution in [0.15, 0.2) is 29.3 Å². The lowest BCUT2D eigenvalue weighted by Gasteiger charge is -2.40. The second-order valence-corrected chi connectivity index (χ2v) is 6.40. The number of anilines is 2. The Balaban J connectivity index is 2.24. The largest absolute Gasteiger partial charge is 0.333 e. The minimum atomic E-state index is -0.694. The van der Waals surface area contributed by atoms with Gasteiger partial charge >= 0.3 is 6.03 Å². The Morgan fingerprint density at radius 1 is 1.18 bits per heavy atom. The van der Waals surface area contributed by atoms with Gasteiger partial charge in [-0.05, 0) is 26.0 Å². The number of nitrogens with zero attached hydrogens (tertiary/aromatic N) is 4. The van der Waals surface area contributed by atoms with Crippen LogP contribution in [0.25, 0.3) is 0 Å². The van der Waals surface area contributed by atoms with E-state index >= 15 is 0 Å². The summed E-state index contributed by atoms with van der Waals surface area (Å²) in [5, 5.41) is 0. The summed E-state index contributed by atoms with van der Waals surface area (Å²) < 4.78 is 0. The molecule has 0 aliphatic carbocycles. The molecule has 0 aromatic heterocycles. The van der Waals surface area contributed by atoms with E-state index in [-0.39, 0.29) is 17.9 Å². The highest BCUT2D eigenvalue weighted by atomic mass is 16.2. The maximum atomic E-state index is 12.8. The van der Waals surface area contributed by atoms with Crippen molar-refractivity contribution in [2.75, 3.05) is 16.8 Å². The number of aliphatic imine (C=N–C) groups is 1. The molecule has 0 fully saturated rings. The van der Waals surface area contributed by atoms with E-state index < -0.39 is 5.66 Å². The van der Waals surface area contributed by atoms with Gasteiger partial charge in [0.15, 0.2) is 0 Å². The first-order chi connectivity index (χ1) is 10.3. The molecular formula is C16H20N4O2. The van der Waals surface area contributed by atoms with Crippen molar-refractivity contribution in [2.24, 2.45) is 10.9 Å². The normalized spacial score (nSPS) is 19.3. The standard InChI is InChI=1S/C16H20N4O2/c1-10(2)13(21)19-11-8-6-7-9-12(11)20-14(19)17-16(3,4)18(5)15(20)22/h6-10H,1-5H3. The van der Waals surface area contributed by atoms with E-state index in [1.54, 1.807) is 16.8 Å². The number of para-hydroxylation sites is 2. The molecule has 2 aliphatic heterocycles. The van der Waals surface area contributed by atoms with Crippen LogP contribution in [0.1, 0.15) is 27.7 Å². The number of urea groups is 1. The van der Waals surface area contributed by atoms with Crippen molar-refractivity contribution in [1.29, 1.82) is 0 Å². The zero-order valence-electron chi connectivity index (χ0n) is 13.5. The van der Waals surface area contributed by atoms with Crippen LogP contribution in [0, 0.1) is 5.92 Å². The molecule has 0 unspecified atom stereocenters. The van der Waals surface area contributed by atoms with Crippen molar-refractivity contribution in [2.45, 2.75) is 33.4 Å². The lowest BCUT2D eigenvalue weighted by Crippen LogP contribution is -2.60. The predicted octanol–water partition coefficient (Wildman–Crippen LogP) is 2.65. The molecule has 2 heterocycles. The van der Waals surface area contributed by atoms with Gasteiger partial charge in [0.05, 0.1) is 11.4 Å². The zero-order chi connectivity index (χ0) is 16.2. The van der Waals surface area contributed by atoms with Crippen molar-refractivity contribution in [1.82, 2.24) is 4.90 Å². The van der Waals surface area contributed by atoms with Gasteiger partial charge in [0, 0.05) is 13.0 Å². The lowest BCUT2D eigenvalue weighted by atomic mass is 10.2. The van der Waals surface area contributed by atoms with Crippen molar-refractivity contribution < 1.29 is 9.59 Å². The number of hydrogen-bond donors (Lipinski definition) is 0. The quantitative estimate of drug-likeness (QED) is 0.800. The van der Waals surface area contributed by atoms with Gasteiger partial charge in [-0.3, -0.25) is 4.79 Å². The summed E-state index contributed by atoms with van der Waals surface area (Å²) in [5.74, 6) is 0.142. The van der Waals surface area contributed by atoms with Gasteiger partial charge in [-0.1, -0.05) is 26.0 Å². The van der Waals surface area contributed by atoms with E-state index in [9.17, 15) is 9.59 Å². The molecule has 116 valence electrons. The number of guanidine groups is 1. The first-order valence-corrected chi connectivity index (χ1v) is 7.36. The number of carbonyl (C=O) groups is 2. The number of fused-ring (bicyclic) bond motifs is 3. The molecule has 3 amide bonds. The number of benzene rings is 1. The van der Waals surface area contributed by atoms with Gasteiger partial charge in [0.1, 0.15) is 5.66 Å². The molecule has 6 nitrogen and oxygen atoms in total. The Hall–Kier alpha value is -2.37. The summed E-state index contributed by atoms with van der Waals surface area (Å²) in [6, 6.07) is 7.21. The number of rotatable bonds is 1. The summed E-state index contributed by atoms with van der Waals surface area (Å²) in [6.07, 6.45) is 0. The Morgan fingerprint density at radius 2 is 1.77 bits per heavy atom. The monoisotopic (exact) mass is 300 g/mol. The highest BCUT2D eigenvalue weighted by Gasteiger charge is 2.48. The summed E-state index contributed by atoms with van der Waals surface area (Å²) in [7, 11) is 1.72. The second kappa shape index (κ2) is 4.56. The fourth-order valence-corrected chi connectivity index (χ4v) is 2.63. The predicted molar refractivity (Wildman–Crippen MR) is 85.9 cm³/mol. The van der Waals surface area contributed by atoms with E-state index in [0.29, 0.717) is 17.3 Å². The van der Waals surface area contributed by atoms with Crippen molar-refractivity contribution in [3.05, 3.63) is 24.3 Å². The third-order valence-corrected chi connectivity index (χ3v) is 4.15. The van der Waals surface area contributed by atoms with E-state index in [1.165, 1.54) is 4.90 Å². The number of carbonyl (C=O) groups excluding carboxylic acids is 2. The van der Waals surface area contributed by atoms with Crippen LogP contribution in [-0.4, -0.2) is 35.5 Å². The molecular weight excluding hydrogens is 280 g/mol. The molecule has 0 N–H and O–H groups in total. The summed E-state index contributed by atoms with van der Waals surface area (Å²) in [5.41, 5.74) is 0.711. The fraction of sp³-hybridized carbons (Fsp3) is 0.438. The van der Waals surface area contributed by atoms with Crippen molar-refractivity contribution in [3.8, 4) is 0 Å². The summed E-state index contributed by atoms with van der Waals surface area (Å²) in [6.45, 7) is 7.40. The Bertz CT molecular complexity index is 693. The molecule has 0 saturated heterocycles. The van der Waals surface area contributed by atoms with Crippen LogP contribution in [0.5, 0.6) is 0 Å². The third-order valence-electron chi connectivity index (χ3n) is 4.15. The van der Waals surface area contributed by atoms with Crippen LogP contribution in [0.2, 0.25) is 0 Å². The van der Waals surface area contributed by atoms with Gasteiger partial charge in [-0.25, -0.2) is 19.6 Å². The lowest BCUT2D eigenvalue weighted by molar-refractivity contribution is -0.120. The smallest absolute Gasteiger partial charge is 0.302 e. The van der Waals surface area contributed by atoms with E-state index in [1.807, 2.05) is 52.0 Å². The zero-order valence-corrected chi connectivity index (χ0v) is 13.5. The molecule has 1 aromatic rings. The van der Waals surface area contributed by atoms with E-state index in [0.717, 1.165) is 0 Å². The Kier molecular flexibility index (Phi) is 3.02. The third kappa shape index (κ3) is 1.83. The van der Waals surface area contributed by atoms with Crippen LogP contribution in [-0.2, 0) is 4.79 Å². The van der Waals surface area contributed by atoms with Gasteiger partial charge in [-0.15, -0.1) is 0 Å². The number of amides is 3. The van der Waals surface area contributed by atoms with E-state index in [2.05, 4.69) is 4.99 Å². The second-order valence-electron chi connectivity index (χ2n) is 6.40.